The summed E-state index contributed by atoms with van der Waals surface area (Å²) in [6, 6.07) is 0. The fraction of sp³-hybridized carbons (Fsp3) is 0.875. The number of carbonyl (C=O) groups is 1. The lowest BCUT2D eigenvalue weighted by atomic mass is 9.91. The molecule has 1 N–H and O–H groups in total. The molecule has 5 heteroatoms. The van der Waals surface area contributed by atoms with Crippen LogP contribution in [0.15, 0.2) is 0 Å². The molecule has 0 saturated carbocycles. The highest BCUT2D eigenvalue weighted by Crippen LogP contribution is 2.27. The summed E-state index contributed by atoms with van der Waals surface area (Å²) >= 11 is 0. The Morgan fingerprint density at radius 3 is 2.54 bits per heavy atom. The number of methoxy groups -OCH3 is 1. The second kappa shape index (κ2) is 5.40. The van der Waals surface area contributed by atoms with Crippen LogP contribution in [0, 0.1) is 0 Å². The molecule has 13 heavy (non-hydrogen) atoms. The molecule has 0 atom stereocenters. The minimum absolute atomic E-state index is 0. The van der Waals surface area contributed by atoms with Gasteiger partial charge in [-0.25, -0.2) is 4.39 Å². The minimum Gasteiger partial charge on any atom is -0.469 e. The monoisotopic (exact) mass is 211 g/mol. The molecule has 1 heterocycles. The zero-order valence-corrected chi connectivity index (χ0v) is 8.45. The summed E-state index contributed by atoms with van der Waals surface area (Å²) in [5, 5.41) is 3.04. The first-order chi connectivity index (χ1) is 5.66. The van der Waals surface area contributed by atoms with Crippen molar-refractivity contribution in [3.8, 4) is 0 Å². The van der Waals surface area contributed by atoms with Crippen LogP contribution in [0.3, 0.4) is 0 Å². The molecule has 1 fully saturated rings. The summed E-state index contributed by atoms with van der Waals surface area (Å²) in [5.74, 6) is -0.459. The van der Waals surface area contributed by atoms with Gasteiger partial charge in [-0.15, -0.1) is 12.4 Å². The van der Waals surface area contributed by atoms with E-state index in [0.717, 1.165) is 0 Å². The Kier molecular flexibility index (Phi) is 5.25. The molecule has 3 nitrogen and oxygen atoms in total. The van der Waals surface area contributed by atoms with Gasteiger partial charge in [-0.2, -0.15) is 0 Å². The highest BCUT2D eigenvalue weighted by molar-refractivity contribution is 5.85. The fourth-order valence-electron chi connectivity index (χ4n) is 1.38. The molecule has 0 radical (unpaired) electrons. The van der Waals surface area contributed by atoms with Crippen molar-refractivity contribution < 1.29 is 13.9 Å². The summed E-state index contributed by atoms with van der Waals surface area (Å²) in [4.78, 5) is 10.8. The van der Waals surface area contributed by atoms with E-state index in [1.807, 2.05) is 0 Å². The molecule has 1 rings (SSSR count). The second-order valence-electron chi connectivity index (χ2n) is 3.15. The summed E-state index contributed by atoms with van der Waals surface area (Å²) < 4.78 is 18.1. The Labute approximate surface area is 83.4 Å². The van der Waals surface area contributed by atoms with Gasteiger partial charge in [-0.05, 0) is 25.9 Å². The lowest BCUT2D eigenvalue weighted by molar-refractivity contribution is -0.144. The number of esters is 1. The van der Waals surface area contributed by atoms with E-state index < -0.39 is 11.6 Å². The predicted molar refractivity (Wildman–Crippen MR) is 49.8 cm³/mol. The number of alkyl halides is 1. The molecule has 0 aromatic carbocycles. The summed E-state index contributed by atoms with van der Waals surface area (Å²) in [6.07, 6.45) is 0.704. The molecular formula is C8H15ClFNO2. The van der Waals surface area contributed by atoms with E-state index in [1.165, 1.54) is 7.11 Å². The van der Waals surface area contributed by atoms with Crippen LogP contribution >= 0.6 is 12.4 Å². The average Bonchev–Trinajstić information content (AvgIpc) is 2.05. The number of halogens is 2. The van der Waals surface area contributed by atoms with E-state index in [2.05, 4.69) is 10.1 Å². The molecule has 0 unspecified atom stereocenters. The Balaban J connectivity index is 0.00000144. The number of rotatable bonds is 2. The van der Waals surface area contributed by atoms with E-state index in [9.17, 15) is 9.18 Å². The fourth-order valence-corrected chi connectivity index (χ4v) is 1.38. The van der Waals surface area contributed by atoms with Crippen LogP contribution in [-0.4, -0.2) is 31.8 Å². The van der Waals surface area contributed by atoms with E-state index >= 15 is 0 Å². The van der Waals surface area contributed by atoms with Gasteiger partial charge in [0.2, 0.25) is 0 Å². The Hall–Kier alpha value is -0.350. The maximum Gasteiger partial charge on any atom is 0.308 e. The lowest BCUT2D eigenvalue weighted by Crippen LogP contribution is -2.40. The predicted octanol–water partition coefficient (Wildman–Crippen LogP) is 1.06. The standard InChI is InChI=1S/C8H14FNO2.ClH/c1-12-7(11)6-8(9)2-4-10-5-3-8;/h10H,2-6H2,1H3;1H. The first kappa shape index (κ1) is 12.7. The quantitative estimate of drug-likeness (QED) is 0.695. The van der Waals surface area contributed by atoms with Crippen molar-refractivity contribution >= 4 is 18.4 Å². The van der Waals surface area contributed by atoms with Crippen molar-refractivity contribution in [3.63, 3.8) is 0 Å². The number of hydrogen-bond acceptors (Lipinski definition) is 3. The molecule has 0 spiro atoms. The first-order valence-electron chi connectivity index (χ1n) is 4.13. The highest BCUT2D eigenvalue weighted by atomic mass is 35.5. The molecule has 0 aliphatic carbocycles. The maximum absolute atomic E-state index is 13.7. The van der Waals surface area contributed by atoms with Gasteiger partial charge in [0.25, 0.3) is 0 Å². The molecule has 1 aliphatic rings. The van der Waals surface area contributed by atoms with Crippen LogP contribution in [0.25, 0.3) is 0 Å². The third kappa shape index (κ3) is 3.91. The third-order valence-corrected chi connectivity index (χ3v) is 2.19. The van der Waals surface area contributed by atoms with E-state index in [1.54, 1.807) is 0 Å². The average molecular weight is 212 g/mol. The lowest BCUT2D eigenvalue weighted by Gasteiger charge is -2.28. The molecule has 0 aromatic rings. The van der Waals surface area contributed by atoms with Gasteiger partial charge < -0.3 is 10.1 Å². The zero-order valence-electron chi connectivity index (χ0n) is 7.64. The summed E-state index contributed by atoms with van der Waals surface area (Å²) in [5.41, 5.74) is -1.33. The minimum atomic E-state index is -1.33. The molecular weight excluding hydrogens is 197 g/mol. The van der Waals surface area contributed by atoms with Crippen LogP contribution in [0.2, 0.25) is 0 Å². The van der Waals surface area contributed by atoms with Crippen molar-refractivity contribution in [2.45, 2.75) is 24.9 Å². The van der Waals surface area contributed by atoms with E-state index in [0.29, 0.717) is 25.9 Å². The largest absolute Gasteiger partial charge is 0.469 e. The van der Waals surface area contributed by atoms with Crippen LogP contribution in [0.1, 0.15) is 19.3 Å². The Morgan fingerprint density at radius 1 is 1.54 bits per heavy atom. The second-order valence-corrected chi connectivity index (χ2v) is 3.15. The summed E-state index contributed by atoms with van der Waals surface area (Å²) in [7, 11) is 1.28. The normalized spacial score (nSPS) is 20.2. The number of carbonyl (C=O) groups excluding carboxylic acids is 1. The molecule has 1 saturated heterocycles. The van der Waals surface area contributed by atoms with Crippen molar-refractivity contribution in [1.29, 1.82) is 0 Å². The van der Waals surface area contributed by atoms with Gasteiger partial charge >= 0.3 is 5.97 Å². The van der Waals surface area contributed by atoms with Crippen LogP contribution in [-0.2, 0) is 9.53 Å². The van der Waals surface area contributed by atoms with Crippen molar-refractivity contribution in [1.82, 2.24) is 5.32 Å². The van der Waals surface area contributed by atoms with Gasteiger partial charge in [0, 0.05) is 0 Å². The van der Waals surface area contributed by atoms with Crippen molar-refractivity contribution in [3.05, 3.63) is 0 Å². The van der Waals surface area contributed by atoms with Crippen LogP contribution in [0.4, 0.5) is 4.39 Å². The Morgan fingerprint density at radius 2 is 2.08 bits per heavy atom. The highest BCUT2D eigenvalue weighted by Gasteiger charge is 2.34. The van der Waals surface area contributed by atoms with Gasteiger partial charge in [-0.1, -0.05) is 0 Å². The van der Waals surface area contributed by atoms with Gasteiger partial charge in [0.05, 0.1) is 13.5 Å². The number of ether oxygens (including phenoxy) is 1. The SMILES string of the molecule is COC(=O)CC1(F)CCNCC1.Cl. The molecule has 0 amide bonds. The van der Waals surface area contributed by atoms with Gasteiger partial charge in [0.1, 0.15) is 5.67 Å². The number of nitrogens with one attached hydrogen (secondary N) is 1. The van der Waals surface area contributed by atoms with Crippen LogP contribution in [0.5, 0.6) is 0 Å². The van der Waals surface area contributed by atoms with Crippen LogP contribution < -0.4 is 5.32 Å². The molecule has 1 aliphatic heterocycles. The van der Waals surface area contributed by atoms with Crippen molar-refractivity contribution in [2.75, 3.05) is 20.2 Å². The molecule has 0 bridgehead atoms. The first-order valence-corrected chi connectivity index (χ1v) is 4.13. The topological polar surface area (TPSA) is 38.3 Å². The number of hydrogen-bond donors (Lipinski definition) is 1. The van der Waals surface area contributed by atoms with E-state index in [4.69, 9.17) is 0 Å². The van der Waals surface area contributed by atoms with Crippen molar-refractivity contribution in [2.24, 2.45) is 0 Å². The van der Waals surface area contributed by atoms with Gasteiger partial charge in [0.15, 0.2) is 0 Å². The maximum atomic E-state index is 13.7. The van der Waals surface area contributed by atoms with Gasteiger partial charge in [-0.3, -0.25) is 4.79 Å². The number of piperidine rings is 1. The van der Waals surface area contributed by atoms with E-state index in [-0.39, 0.29) is 18.8 Å². The zero-order chi connectivity index (χ0) is 9.03. The summed E-state index contributed by atoms with van der Waals surface area (Å²) in [6.45, 7) is 1.29. The Bertz CT molecular complexity index is 172. The smallest absolute Gasteiger partial charge is 0.308 e. The molecule has 0 aromatic heterocycles. The molecule has 78 valence electrons. The third-order valence-electron chi connectivity index (χ3n) is 2.19.